The maximum atomic E-state index is 9.87. The Morgan fingerprint density at radius 1 is 1.12 bits per heavy atom. The second-order valence-electron chi connectivity index (χ2n) is 7.85. The van der Waals surface area contributed by atoms with Crippen molar-refractivity contribution in [1.29, 1.82) is 0 Å². The lowest BCUT2D eigenvalue weighted by Gasteiger charge is -2.46. The first-order valence-corrected chi connectivity index (χ1v) is 9.43. The fourth-order valence-corrected chi connectivity index (χ4v) is 4.41. The highest BCUT2D eigenvalue weighted by atomic mass is 16.5. The fraction of sp³-hybridized carbons (Fsp3) is 0.944. The summed E-state index contributed by atoms with van der Waals surface area (Å²) in [5.74, 6) is 0.971. The number of guanidine groups is 1. The lowest BCUT2D eigenvalue weighted by atomic mass is 9.76. The van der Waals surface area contributed by atoms with Gasteiger partial charge in [-0.1, -0.05) is 0 Å². The zero-order chi connectivity index (χ0) is 16.9. The molecule has 1 atom stereocenters. The minimum Gasteiger partial charge on any atom is -0.396 e. The van der Waals surface area contributed by atoms with Gasteiger partial charge in [0.05, 0.1) is 13.2 Å². The molecule has 3 aliphatic rings. The minimum atomic E-state index is -0.0738. The summed E-state index contributed by atoms with van der Waals surface area (Å²) in [6.07, 6.45) is 6.71. The second kappa shape index (κ2) is 8.02. The molecule has 6 heteroatoms. The quantitative estimate of drug-likeness (QED) is 0.598. The van der Waals surface area contributed by atoms with Gasteiger partial charge in [-0.15, -0.1) is 0 Å². The number of aliphatic hydroxyl groups excluding tert-OH is 1. The Kier molecular flexibility index (Phi) is 6.00. The van der Waals surface area contributed by atoms with E-state index in [1.165, 1.54) is 25.7 Å². The van der Waals surface area contributed by atoms with Gasteiger partial charge < -0.3 is 24.8 Å². The summed E-state index contributed by atoms with van der Waals surface area (Å²) in [6, 6.07) is 0. The summed E-state index contributed by atoms with van der Waals surface area (Å²) >= 11 is 0. The maximum Gasteiger partial charge on any atom is 0.193 e. The molecule has 138 valence electrons. The van der Waals surface area contributed by atoms with Crippen molar-refractivity contribution < 1.29 is 14.6 Å². The van der Waals surface area contributed by atoms with Gasteiger partial charge in [0.25, 0.3) is 0 Å². The molecular weight excluding hydrogens is 306 g/mol. The molecule has 0 aromatic carbocycles. The number of piperidine rings is 1. The number of ether oxygens (including phenoxy) is 2. The Bertz CT molecular complexity index is 424. The van der Waals surface area contributed by atoms with Crippen LogP contribution in [0, 0.1) is 10.8 Å². The molecule has 0 aliphatic carbocycles. The molecule has 3 fully saturated rings. The van der Waals surface area contributed by atoms with Crippen molar-refractivity contribution >= 4 is 5.96 Å². The van der Waals surface area contributed by atoms with E-state index in [0.29, 0.717) is 5.41 Å². The smallest absolute Gasteiger partial charge is 0.193 e. The van der Waals surface area contributed by atoms with E-state index >= 15 is 0 Å². The van der Waals surface area contributed by atoms with Crippen LogP contribution in [-0.4, -0.2) is 75.7 Å². The molecule has 2 N–H and O–H groups in total. The second-order valence-corrected chi connectivity index (χ2v) is 7.85. The molecule has 1 spiro atoms. The number of nitrogens with one attached hydrogen (secondary N) is 1. The lowest BCUT2D eigenvalue weighted by Crippen LogP contribution is -2.55. The fourth-order valence-electron chi connectivity index (χ4n) is 4.41. The van der Waals surface area contributed by atoms with Crippen molar-refractivity contribution in [2.45, 2.75) is 38.5 Å². The molecule has 0 aromatic heterocycles. The van der Waals surface area contributed by atoms with E-state index in [2.05, 4.69) is 15.2 Å². The number of hydrogen-bond acceptors (Lipinski definition) is 4. The zero-order valence-corrected chi connectivity index (χ0v) is 15.1. The van der Waals surface area contributed by atoms with Crippen molar-refractivity contribution in [3.05, 3.63) is 0 Å². The summed E-state index contributed by atoms with van der Waals surface area (Å²) in [5, 5.41) is 13.4. The summed E-state index contributed by atoms with van der Waals surface area (Å²) in [6.45, 7) is 6.33. The van der Waals surface area contributed by atoms with Crippen molar-refractivity contribution in [2.75, 3.05) is 59.7 Å². The van der Waals surface area contributed by atoms with Crippen molar-refractivity contribution in [2.24, 2.45) is 15.8 Å². The molecule has 3 heterocycles. The summed E-state index contributed by atoms with van der Waals surface area (Å²) < 4.78 is 11.2. The van der Waals surface area contributed by atoms with Crippen LogP contribution in [0.2, 0.25) is 0 Å². The van der Waals surface area contributed by atoms with Gasteiger partial charge in [0.15, 0.2) is 5.96 Å². The third-order valence-electron chi connectivity index (χ3n) is 6.09. The molecule has 0 bridgehead atoms. The Hall–Kier alpha value is -0.850. The SMILES string of the molecule is CN=C(NCC1(CO)CCOCC1)N1CCCC2(CCCOC2)C1. The van der Waals surface area contributed by atoms with Crippen molar-refractivity contribution in [1.82, 2.24) is 10.2 Å². The molecule has 0 radical (unpaired) electrons. The van der Waals surface area contributed by atoms with Gasteiger partial charge in [-0.2, -0.15) is 0 Å². The molecule has 3 rings (SSSR count). The highest BCUT2D eigenvalue weighted by Gasteiger charge is 2.39. The molecule has 0 saturated carbocycles. The van der Waals surface area contributed by atoms with Gasteiger partial charge in [-0.3, -0.25) is 4.99 Å². The van der Waals surface area contributed by atoms with Crippen LogP contribution >= 0.6 is 0 Å². The number of likely N-dealkylation sites (tertiary alicyclic amines) is 1. The Balaban J connectivity index is 1.59. The maximum absolute atomic E-state index is 9.87. The topological polar surface area (TPSA) is 66.3 Å². The largest absolute Gasteiger partial charge is 0.396 e. The lowest BCUT2D eigenvalue weighted by molar-refractivity contribution is -0.0377. The Morgan fingerprint density at radius 3 is 2.58 bits per heavy atom. The van der Waals surface area contributed by atoms with E-state index in [4.69, 9.17) is 9.47 Å². The Morgan fingerprint density at radius 2 is 1.92 bits per heavy atom. The average molecular weight is 339 g/mol. The first-order valence-electron chi connectivity index (χ1n) is 9.43. The third-order valence-corrected chi connectivity index (χ3v) is 6.09. The van der Waals surface area contributed by atoms with E-state index in [-0.39, 0.29) is 12.0 Å². The van der Waals surface area contributed by atoms with Crippen LogP contribution in [-0.2, 0) is 9.47 Å². The van der Waals surface area contributed by atoms with E-state index in [1.54, 1.807) is 0 Å². The first-order chi connectivity index (χ1) is 11.7. The number of rotatable bonds is 3. The normalized spacial score (nSPS) is 31.2. The summed E-state index contributed by atoms with van der Waals surface area (Å²) in [5.41, 5.74) is 0.233. The highest BCUT2D eigenvalue weighted by Crippen LogP contribution is 2.37. The van der Waals surface area contributed by atoms with Crippen LogP contribution in [0.1, 0.15) is 38.5 Å². The van der Waals surface area contributed by atoms with Gasteiger partial charge in [0, 0.05) is 57.3 Å². The molecule has 1 unspecified atom stereocenters. The zero-order valence-electron chi connectivity index (χ0n) is 15.1. The number of aliphatic imine (C=N–C) groups is 1. The molecule has 6 nitrogen and oxygen atoms in total. The van der Waals surface area contributed by atoms with Gasteiger partial charge in [0.2, 0.25) is 0 Å². The predicted octanol–water partition coefficient (Wildman–Crippen LogP) is 1.24. The van der Waals surface area contributed by atoms with Crippen molar-refractivity contribution in [3.63, 3.8) is 0 Å². The summed E-state index contributed by atoms with van der Waals surface area (Å²) in [4.78, 5) is 6.91. The number of hydrogen-bond donors (Lipinski definition) is 2. The van der Waals surface area contributed by atoms with Gasteiger partial charge in [-0.25, -0.2) is 0 Å². The van der Waals surface area contributed by atoms with Crippen LogP contribution < -0.4 is 5.32 Å². The Labute approximate surface area is 145 Å². The van der Waals surface area contributed by atoms with E-state index in [1.807, 2.05) is 7.05 Å². The molecule has 3 aliphatic heterocycles. The number of aliphatic hydroxyl groups is 1. The molecule has 3 saturated heterocycles. The van der Waals surface area contributed by atoms with Crippen LogP contribution in [0.25, 0.3) is 0 Å². The average Bonchev–Trinajstić information content (AvgIpc) is 2.64. The first kappa shape index (κ1) is 18.0. The third kappa shape index (κ3) is 4.03. The van der Waals surface area contributed by atoms with Gasteiger partial charge >= 0.3 is 0 Å². The molecule has 0 amide bonds. The van der Waals surface area contributed by atoms with Crippen molar-refractivity contribution in [3.8, 4) is 0 Å². The van der Waals surface area contributed by atoms with E-state index < -0.39 is 0 Å². The van der Waals surface area contributed by atoms with Crippen LogP contribution in [0.5, 0.6) is 0 Å². The predicted molar refractivity (Wildman–Crippen MR) is 94.2 cm³/mol. The van der Waals surface area contributed by atoms with E-state index in [0.717, 1.165) is 64.9 Å². The van der Waals surface area contributed by atoms with Gasteiger partial charge in [0.1, 0.15) is 0 Å². The summed E-state index contributed by atoms with van der Waals surface area (Å²) in [7, 11) is 1.86. The monoisotopic (exact) mass is 339 g/mol. The molecule has 0 aromatic rings. The molecular formula is C18H33N3O3. The number of nitrogens with zero attached hydrogens (tertiary/aromatic N) is 2. The standard InChI is InChI=1S/C18H33N3O3/c1-19-16(20-12-17(14-22)6-10-23-11-7-17)21-8-2-4-18(13-21)5-3-9-24-15-18/h22H,2-15H2,1H3,(H,19,20). The van der Waals surface area contributed by atoms with Gasteiger partial charge in [-0.05, 0) is 38.5 Å². The highest BCUT2D eigenvalue weighted by molar-refractivity contribution is 5.80. The minimum absolute atomic E-state index is 0.0738. The van der Waals surface area contributed by atoms with Crippen LogP contribution in [0.3, 0.4) is 0 Å². The molecule has 24 heavy (non-hydrogen) atoms. The van der Waals surface area contributed by atoms with Crippen LogP contribution in [0.15, 0.2) is 4.99 Å². The van der Waals surface area contributed by atoms with E-state index in [9.17, 15) is 5.11 Å². The van der Waals surface area contributed by atoms with Crippen LogP contribution in [0.4, 0.5) is 0 Å².